The van der Waals surface area contributed by atoms with Crippen molar-refractivity contribution in [3.05, 3.63) is 0 Å². The van der Waals surface area contributed by atoms with Gasteiger partial charge in [0.1, 0.15) is 5.75 Å². The van der Waals surface area contributed by atoms with Crippen LogP contribution in [0.4, 0.5) is 0 Å². The zero-order valence-corrected chi connectivity index (χ0v) is 11.5. The van der Waals surface area contributed by atoms with E-state index in [0.717, 1.165) is 19.3 Å². The second-order valence-electron chi connectivity index (χ2n) is 4.66. The summed E-state index contributed by atoms with van der Waals surface area (Å²) >= 11 is 4.66. The first kappa shape index (κ1) is 13.9. The lowest BCUT2D eigenvalue weighted by molar-refractivity contribution is 0.239. The smallest absolute Gasteiger partial charge is 0.220 e. The van der Waals surface area contributed by atoms with Crippen LogP contribution in [0.2, 0.25) is 0 Å². The standard InChI is InChI=1S/C10H20N2O2S2/c1-8-4-3-5-9(6-8)12(2)16(13,14)7-10(11)15/h8-9H,3-7H2,1-2H3,(H2,11,15). The van der Waals surface area contributed by atoms with Gasteiger partial charge < -0.3 is 5.73 Å². The van der Waals surface area contributed by atoms with E-state index in [0.29, 0.717) is 5.92 Å². The first-order valence-electron chi connectivity index (χ1n) is 5.57. The first-order chi connectivity index (χ1) is 7.33. The van der Waals surface area contributed by atoms with Crippen molar-refractivity contribution < 1.29 is 8.42 Å². The van der Waals surface area contributed by atoms with Crippen LogP contribution in [0.1, 0.15) is 32.6 Å². The maximum absolute atomic E-state index is 11.9. The molecular weight excluding hydrogens is 244 g/mol. The van der Waals surface area contributed by atoms with Gasteiger partial charge in [0, 0.05) is 13.1 Å². The van der Waals surface area contributed by atoms with E-state index in [-0.39, 0.29) is 16.8 Å². The normalized spacial score (nSPS) is 26.9. The Hall–Kier alpha value is -0.200. The first-order valence-corrected chi connectivity index (χ1v) is 7.58. The molecule has 1 aliphatic carbocycles. The molecule has 0 aliphatic heterocycles. The number of nitrogens with zero attached hydrogens (tertiary/aromatic N) is 1. The van der Waals surface area contributed by atoms with Crippen LogP contribution < -0.4 is 5.73 Å². The molecule has 1 aliphatic rings. The third kappa shape index (κ3) is 3.68. The average molecular weight is 264 g/mol. The molecule has 0 aromatic heterocycles. The molecule has 1 saturated carbocycles. The average Bonchev–Trinajstić information content (AvgIpc) is 2.14. The molecular formula is C10H20N2O2S2. The number of nitrogens with two attached hydrogens (primary N) is 1. The lowest BCUT2D eigenvalue weighted by Gasteiger charge is -2.33. The lowest BCUT2D eigenvalue weighted by atomic mass is 9.87. The van der Waals surface area contributed by atoms with Gasteiger partial charge in [-0.15, -0.1) is 0 Å². The van der Waals surface area contributed by atoms with Crippen LogP contribution >= 0.6 is 12.2 Å². The van der Waals surface area contributed by atoms with Gasteiger partial charge in [-0.1, -0.05) is 32.0 Å². The minimum Gasteiger partial charge on any atom is -0.392 e. The van der Waals surface area contributed by atoms with Crippen molar-refractivity contribution >= 4 is 27.2 Å². The molecule has 4 nitrogen and oxygen atoms in total. The van der Waals surface area contributed by atoms with Gasteiger partial charge in [-0.05, 0) is 18.8 Å². The van der Waals surface area contributed by atoms with Gasteiger partial charge in [0.25, 0.3) is 0 Å². The summed E-state index contributed by atoms with van der Waals surface area (Å²) < 4.78 is 25.3. The predicted octanol–water partition coefficient (Wildman–Crippen LogP) is 1.11. The Morgan fingerprint density at radius 3 is 2.62 bits per heavy atom. The molecule has 2 atom stereocenters. The number of thiocarbonyl (C=S) groups is 1. The van der Waals surface area contributed by atoms with Gasteiger partial charge in [-0.3, -0.25) is 0 Å². The Balaban J connectivity index is 2.69. The van der Waals surface area contributed by atoms with Gasteiger partial charge in [0.2, 0.25) is 10.0 Å². The molecule has 0 aromatic carbocycles. The molecule has 16 heavy (non-hydrogen) atoms. The Morgan fingerprint density at radius 1 is 1.50 bits per heavy atom. The Labute approximate surface area is 103 Å². The predicted molar refractivity (Wildman–Crippen MR) is 69.8 cm³/mol. The van der Waals surface area contributed by atoms with E-state index in [9.17, 15) is 8.42 Å². The Bertz CT molecular complexity index is 354. The van der Waals surface area contributed by atoms with Gasteiger partial charge >= 0.3 is 0 Å². The van der Waals surface area contributed by atoms with Crippen LogP contribution in [-0.4, -0.2) is 36.6 Å². The summed E-state index contributed by atoms with van der Waals surface area (Å²) in [6, 6.07) is 0.114. The summed E-state index contributed by atoms with van der Waals surface area (Å²) in [6.07, 6.45) is 4.17. The molecule has 2 N–H and O–H groups in total. The van der Waals surface area contributed by atoms with Gasteiger partial charge in [0.15, 0.2) is 0 Å². The van der Waals surface area contributed by atoms with Crippen LogP contribution in [0.5, 0.6) is 0 Å². The van der Waals surface area contributed by atoms with Crippen LogP contribution in [0.25, 0.3) is 0 Å². The highest BCUT2D eigenvalue weighted by atomic mass is 32.2. The van der Waals surface area contributed by atoms with E-state index in [1.165, 1.54) is 10.7 Å². The molecule has 0 bridgehead atoms. The highest BCUT2D eigenvalue weighted by Crippen LogP contribution is 2.27. The summed E-state index contributed by atoms with van der Waals surface area (Å²) in [5.41, 5.74) is 5.30. The molecule has 2 unspecified atom stereocenters. The van der Waals surface area contributed by atoms with Crippen molar-refractivity contribution in [2.75, 3.05) is 12.8 Å². The summed E-state index contributed by atoms with van der Waals surface area (Å²) in [7, 11) is -1.68. The summed E-state index contributed by atoms with van der Waals surface area (Å²) in [4.78, 5) is 0.0377. The largest absolute Gasteiger partial charge is 0.392 e. The molecule has 1 fully saturated rings. The molecule has 0 saturated heterocycles. The molecule has 0 amide bonds. The van der Waals surface area contributed by atoms with Crippen LogP contribution in [0, 0.1) is 5.92 Å². The summed E-state index contributed by atoms with van der Waals surface area (Å²) in [5.74, 6) is 0.380. The van der Waals surface area contributed by atoms with Crippen molar-refractivity contribution in [3.63, 3.8) is 0 Å². The second-order valence-corrected chi connectivity index (χ2v) is 7.22. The van der Waals surface area contributed by atoms with E-state index in [1.54, 1.807) is 7.05 Å². The second kappa shape index (κ2) is 5.42. The highest BCUT2D eigenvalue weighted by molar-refractivity contribution is 7.92. The third-order valence-electron chi connectivity index (χ3n) is 3.19. The third-order valence-corrected chi connectivity index (χ3v) is 5.36. The van der Waals surface area contributed by atoms with Crippen molar-refractivity contribution in [1.82, 2.24) is 4.31 Å². The SMILES string of the molecule is CC1CCCC(N(C)S(=O)(=O)CC(N)=S)C1. The number of hydrogen-bond acceptors (Lipinski definition) is 3. The minimum absolute atomic E-state index is 0.0377. The fourth-order valence-corrected chi connectivity index (χ4v) is 3.90. The lowest BCUT2D eigenvalue weighted by Crippen LogP contribution is -2.42. The van der Waals surface area contributed by atoms with E-state index in [2.05, 4.69) is 19.1 Å². The van der Waals surface area contributed by atoms with Crippen LogP contribution in [0.3, 0.4) is 0 Å². The topological polar surface area (TPSA) is 63.4 Å². The van der Waals surface area contributed by atoms with Crippen molar-refractivity contribution in [2.45, 2.75) is 38.6 Å². The maximum atomic E-state index is 11.9. The zero-order chi connectivity index (χ0) is 12.3. The molecule has 6 heteroatoms. The Kier molecular flexibility index (Phi) is 4.70. The van der Waals surface area contributed by atoms with Gasteiger partial charge in [-0.25, -0.2) is 12.7 Å². The fraction of sp³-hybridized carbons (Fsp3) is 0.900. The summed E-state index contributed by atoms with van der Waals surface area (Å²) in [5, 5.41) is 0. The number of rotatable bonds is 4. The van der Waals surface area contributed by atoms with Crippen molar-refractivity contribution in [2.24, 2.45) is 11.7 Å². The van der Waals surface area contributed by atoms with Gasteiger partial charge in [-0.2, -0.15) is 0 Å². The molecule has 0 spiro atoms. The molecule has 94 valence electrons. The van der Waals surface area contributed by atoms with E-state index < -0.39 is 10.0 Å². The zero-order valence-electron chi connectivity index (χ0n) is 9.85. The molecule has 1 rings (SSSR count). The molecule has 0 heterocycles. The van der Waals surface area contributed by atoms with E-state index >= 15 is 0 Å². The minimum atomic E-state index is -3.32. The Morgan fingerprint density at radius 2 is 2.12 bits per heavy atom. The monoisotopic (exact) mass is 264 g/mol. The number of hydrogen-bond donors (Lipinski definition) is 1. The molecule has 0 radical (unpaired) electrons. The van der Waals surface area contributed by atoms with E-state index in [1.807, 2.05) is 0 Å². The van der Waals surface area contributed by atoms with E-state index in [4.69, 9.17) is 5.73 Å². The number of sulfonamides is 1. The van der Waals surface area contributed by atoms with Crippen LogP contribution in [0.15, 0.2) is 0 Å². The van der Waals surface area contributed by atoms with Crippen LogP contribution in [-0.2, 0) is 10.0 Å². The van der Waals surface area contributed by atoms with Gasteiger partial charge in [0.05, 0.1) is 4.99 Å². The van der Waals surface area contributed by atoms with Crippen molar-refractivity contribution in [3.8, 4) is 0 Å². The quantitative estimate of drug-likeness (QED) is 0.773. The highest BCUT2D eigenvalue weighted by Gasteiger charge is 2.29. The van der Waals surface area contributed by atoms with Crippen molar-refractivity contribution in [1.29, 1.82) is 0 Å². The maximum Gasteiger partial charge on any atom is 0.220 e. The fourth-order valence-electron chi connectivity index (χ4n) is 2.24. The molecule has 0 aromatic rings. The summed E-state index contributed by atoms with van der Waals surface area (Å²) in [6.45, 7) is 2.17.